The van der Waals surface area contributed by atoms with Gasteiger partial charge in [-0.25, -0.2) is 0 Å². The van der Waals surface area contributed by atoms with E-state index in [1.807, 2.05) is 0 Å². The summed E-state index contributed by atoms with van der Waals surface area (Å²) in [7, 11) is 1.80. The van der Waals surface area contributed by atoms with Gasteiger partial charge in [-0.2, -0.15) is 5.26 Å². The highest BCUT2D eigenvalue weighted by atomic mass is 35.5. The molecule has 0 saturated carbocycles. The van der Waals surface area contributed by atoms with Crippen LogP contribution in [0.15, 0.2) is 18.2 Å². The van der Waals surface area contributed by atoms with E-state index in [1.165, 1.54) is 0 Å². The second kappa shape index (κ2) is 5.01. The first-order valence-electron chi connectivity index (χ1n) is 4.64. The molecule has 3 nitrogen and oxygen atoms in total. The standard InChI is InChI=1S/C11H13ClN2O/c1-8(15)7-14(2)11-9(6-13)4-3-5-10(11)12/h3-5,8,15H,7H2,1-2H3. The molecule has 0 aliphatic carbocycles. The molecule has 0 saturated heterocycles. The van der Waals surface area contributed by atoms with Gasteiger partial charge < -0.3 is 10.0 Å². The number of para-hydroxylation sites is 1. The zero-order valence-corrected chi connectivity index (χ0v) is 9.49. The molecule has 0 radical (unpaired) electrons. The van der Waals surface area contributed by atoms with Gasteiger partial charge in [0.2, 0.25) is 0 Å². The molecule has 1 N–H and O–H groups in total. The number of aliphatic hydroxyl groups is 1. The number of hydrogen-bond acceptors (Lipinski definition) is 3. The molecule has 0 heterocycles. The summed E-state index contributed by atoms with van der Waals surface area (Å²) in [6.45, 7) is 2.14. The third kappa shape index (κ3) is 2.85. The van der Waals surface area contributed by atoms with E-state index in [2.05, 4.69) is 6.07 Å². The van der Waals surface area contributed by atoms with Crippen LogP contribution in [0.5, 0.6) is 0 Å². The second-order valence-corrected chi connectivity index (χ2v) is 3.88. The van der Waals surface area contributed by atoms with Gasteiger partial charge in [0, 0.05) is 13.6 Å². The van der Waals surface area contributed by atoms with Crippen LogP contribution in [-0.2, 0) is 0 Å². The highest BCUT2D eigenvalue weighted by Gasteiger charge is 2.12. The molecule has 0 fully saturated rings. The molecule has 0 spiro atoms. The summed E-state index contributed by atoms with van der Waals surface area (Å²) in [5.74, 6) is 0. The number of nitriles is 1. The predicted octanol–water partition coefficient (Wildman–Crippen LogP) is 2.03. The normalized spacial score (nSPS) is 11.9. The van der Waals surface area contributed by atoms with Crippen molar-refractivity contribution >= 4 is 17.3 Å². The van der Waals surface area contributed by atoms with Crippen LogP contribution < -0.4 is 4.90 Å². The summed E-state index contributed by atoms with van der Waals surface area (Å²) in [5, 5.41) is 18.7. The zero-order valence-electron chi connectivity index (χ0n) is 8.74. The largest absolute Gasteiger partial charge is 0.392 e. The Morgan fingerprint density at radius 1 is 1.60 bits per heavy atom. The van der Waals surface area contributed by atoms with Crippen molar-refractivity contribution in [3.63, 3.8) is 0 Å². The van der Waals surface area contributed by atoms with Gasteiger partial charge in [-0.3, -0.25) is 0 Å². The number of benzene rings is 1. The van der Waals surface area contributed by atoms with Crippen LogP contribution in [0.4, 0.5) is 5.69 Å². The van der Waals surface area contributed by atoms with Crippen LogP contribution in [-0.4, -0.2) is 24.8 Å². The first-order chi connectivity index (χ1) is 7.06. The Hall–Kier alpha value is -1.24. The van der Waals surface area contributed by atoms with Crippen LogP contribution >= 0.6 is 11.6 Å². The molecular formula is C11H13ClN2O. The minimum Gasteiger partial charge on any atom is -0.392 e. The predicted molar refractivity (Wildman–Crippen MR) is 61.1 cm³/mol. The number of halogens is 1. The number of likely N-dealkylation sites (N-methyl/N-ethyl adjacent to an activating group) is 1. The Morgan fingerprint density at radius 2 is 2.27 bits per heavy atom. The van der Waals surface area contributed by atoms with E-state index < -0.39 is 6.10 Å². The van der Waals surface area contributed by atoms with Crippen molar-refractivity contribution in [1.29, 1.82) is 5.26 Å². The van der Waals surface area contributed by atoms with E-state index >= 15 is 0 Å². The lowest BCUT2D eigenvalue weighted by Gasteiger charge is -2.22. The molecule has 80 valence electrons. The van der Waals surface area contributed by atoms with Gasteiger partial charge in [-0.05, 0) is 19.1 Å². The maximum Gasteiger partial charge on any atom is 0.101 e. The van der Waals surface area contributed by atoms with Crippen LogP contribution in [0, 0.1) is 11.3 Å². The van der Waals surface area contributed by atoms with Crippen LogP contribution in [0.2, 0.25) is 5.02 Å². The maximum atomic E-state index is 9.27. The highest BCUT2D eigenvalue weighted by Crippen LogP contribution is 2.28. The molecule has 1 unspecified atom stereocenters. The summed E-state index contributed by atoms with van der Waals surface area (Å²) >= 11 is 6.01. The molecule has 1 aromatic carbocycles. The Morgan fingerprint density at radius 3 is 2.80 bits per heavy atom. The smallest absolute Gasteiger partial charge is 0.101 e. The number of aliphatic hydroxyl groups excluding tert-OH is 1. The SMILES string of the molecule is CC(O)CN(C)c1c(Cl)cccc1C#N. The molecule has 0 aromatic heterocycles. The molecular weight excluding hydrogens is 212 g/mol. The van der Waals surface area contributed by atoms with Crippen molar-refractivity contribution in [2.75, 3.05) is 18.5 Å². The number of hydrogen-bond donors (Lipinski definition) is 1. The van der Waals surface area contributed by atoms with Crippen LogP contribution in [0.25, 0.3) is 0 Å². The fourth-order valence-corrected chi connectivity index (χ4v) is 1.80. The molecule has 0 amide bonds. The first-order valence-corrected chi connectivity index (χ1v) is 5.02. The first kappa shape index (κ1) is 11.8. The van der Waals surface area contributed by atoms with Crippen molar-refractivity contribution in [2.45, 2.75) is 13.0 Å². The van der Waals surface area contributed by atoms with Crippen LogP contribution in [0.3, 0.4) is 0 Å². The van der Waals surface area contributed by atoms with E-state index in [4.69, 9.17) is 16.9 Å². The van der Waals surface area contributed by atoms with Crippen molar-refractivity contribution in [2.24, 2.45) is 0 Å². The van der Waals surface area contributed by atoms with Crippen molar-refractivity contribution in [1.82, 2.24) is 0 Å². The number of nitrogens with zero attached hydrogens (tertiary/aromatic N) is 2. The molecule has 1 rings (SSSR count). The molecule has 0 aliphatic heterocycles. The maximum absolute atomic E-state index is 9.27. The fraction of sp³-hybridized carbons (Fsp3) is 0.364. The lowest BCUT2D eigenvalue weighted by molar-refractivity contribution is 0.201. The summed E-state index contributed by atoms with van der Waals surface area (Å²) in [5.41, 5.74) is 1.19. The molecule has 1 aromatic rings. The van der Waals surface area contributed by atoms with Gasteiger partial charge in [0.15, 0.2) is 0 Å². The van der Waals surface area contributed by atoms with E-state index in [9.17, 15) is 5.11 Å². The quantitative estimate of drug-likeness (QED) is 0.855. The molecule has 1 atom stereocenters. The second-order valence-electron chi connectivity index (χ2n) is 3.48. The minimum atomic E-state index is -0.460. The summed E-state index contributed by atoms with van der Waals surface area (Å²) in [6.07, 6.45) is -0.460. The monoisotopic (exact) mass is 224 g/mol. The topological polar surface area (TPSA) is 47.3 Å². The molecule has 0 bridgehead atoms. The van der Waals surface area contributed by atoms with Gasteiger partial charge in [0.05, 0.1) is 22.4 Å². The Kier molecular flexibility index (Phi) is 3.96. The van der Waals surface area contributed by atoms with Crippen molar-refractivity contribution in [3.8, 4) is 6.07 Å². The summed E-state index contributed by atoms with van der Waals surface area (Å²) < 4.78 is 0. The molecule has 4 heteroatoms. The highest BCUT2D eigenvalue weighted by molar-refractivity contribution is 6.33. The van der Waals surface area contributed by atoms with E-state index in [-0.39, 0.29) is 0 Å². The molecule has 15 heavy (non-hydrogen) atoms. The average molecular weight is 225 g/mol. The Bertz CT molecular complexity index is 385. The van der Waals surface area contributed by atoms with Gasteiger partial charge >= 0.3 is 0 Å². The van der Waals surface area contributed by atoms with Crippen molar-refractivity contribution in [3.05, 3.63) is 28.8 Å². The van der Waals surface area contributed by atoms with Gasteiger partial charge in [0.1, 0.15) is 6.07 Å². The fourth-order valence-electron chi connectivity index (χ4n) is 1.48. The molecule has 0 aliphatic rings. The van der Waals surface area contributed by atoms with E-state index in [0.717, 1.165) is 0 Å². The van der Waals surface area contributed by atoms with Gasteiger partial charge in [-0.1, -0.05) is 17.7 Å². The zero-order chi connectivity index (χ0) is 11.4. The third-order valence-corrected chi connectivity index (χ3v) is 2.33. The Balaban J connectivity index is 3.07. The summed E-state index contributed by atoms with van der Waals surface area (Å²) in [4.78, 5) is 1.78. The average Bonchev–Trinajstić information content (AvgIpc) is 2.15. The van der Waals surface area contributed by atoms with E-state index in [1.54, 1.807) is 37.1 Å². The van der Waals surface area contributed by atoms with Crippen LogP contribution in [0.1, 0.15) is 12.5 Å². The van der Waals surface area contributed by atoms with Gasteiger partial charge in [-0.15, -0.1) is 0 Å². The lowest BCUT2D eigenvalue weighted by atomic mass is 10.1. The summed E-state index contributed by atoms with van der Waals surface area (Å²) in [6, 6.07) is 7.26. The third-order valence-electron chi connectivity index (χ3n) is 2.03. The number of anilines is 1. The van der Waals surface area contributed by atoms with E-state index in [0.29, 0.717) is 22.8 Å². The number of rotatable bonds is 3. The van der Waals surface area contributed by atoms with Crippen molar-refractivity contribution < 1.29 is 5.11 Å². The lowest BCUT2D eigenvalue weighted by Crippen LogP contribution is -2.27. The van der Waals surface area contributed by atoms with Gasteiger partial charge in [0.25, 0.3) is 0 Å². The Labute approximate surface area is 94.5 Å². The minimum absolute atomic E-state index is 0.443.